The van der Waals surface area contributed by atoms with Gasteiger partial charge in [-0.15, -0.1) is 0 Å². The summed E-state index contributed by atoms with van der Waals surface area (Å²) in [5.74, 6) is -0.465. The van der Waals surface area contributed by atoms with Crippen molar-refractivity contribution in [3.63, 3.8) is 0 Å². The molecule has 6 nitrogen and oxygen atoms in total. The maximum atomic E-state index is 13.4. The van der Waals surface area contributed by atoms with Gasteiger partial charge in [-0.2, -0.15) is 0 Å². The molecule has 4 rings (SSSR count). The number of thioether (sulfide) groups is 1. The predicted molar refractivity (Wildman–Crippen MR) is 121 cm³/mol. The van der Waals surface area contributed by atoms with E-state index in [0.29, 0.717) is 17.2 Å². The Balaban J connectivity index is 1.76. The van der Waals surface area contributed by atoms with Gasteiger partial charge in [-0.25, -0.2) is 9.29 Å². The maximum Gasteiger partial charge on any atom is 0.283 e. The largest absolute Gasteiger partial charge is 0.497 e. The lowest BCUT2D eigenvalue weighted by Crippen LogP contribution is -2.32. The minimum atomic E-state index is -0.544. The maximum absolute atomic E-state index is 13.4. The number of imide groups is 1. The molecule has 1 N–H and O–H groups in total. The van der Waals surface area contributed by atoms with Crippen LogP contribution in [0.5, 0.6) is 11.5 Å². The van der Waals surface area contributed by atoms with Crippen LogP contribution < -0.4 is 19.7 Å². The van der Waals surface area contributed by atoms with Crippen LogP contribution in [0.4, 0.5) is 15.8 Å². The third-order valence-electron chi connectivity index (χ3n) is 4.76. The average Bonchev–Trinajstić information content (AvgIpc) is 3.04. The lowest BCUT2D eigenvalue weighted by molar-refractivity contribution is -0.120. The van der Waals surface area contributed by atoms with Crippen LogP contribution in [0.3, 0.4) is 0 Å². The van der Waals surface area contributed by atoms with Crippen molar-refractivity contribution in [1.82, 2.24) is 0 Å². The zero-order chi connectivity index (χ0) is 22.7. The number of hydrogen-bond donors (Lipinski definition) is 1. The van der Waals surface area contributed by atoms with E-state index in [1.165, 1.54) is 43.1 Å². The fourth-order valence-electron chi connectivity index (χ4n) is 3.18. The van der Waals surface area contributed by atoms with Crippen LogP contribution in [0, 0.1) is 5.82 Å². The molecule has 1 aliphatic rings. The van der Waals surface area contributed by atoms with Gasteiger partial charge in [-0.1, -0.05) is 30.0 Å². The van der Waals surface area contributed by atoms with Crippen molar-refractivity contribution in [3.8, 4) is 11.5 Å². The average molecular weight is 450 g/mol. The zero-order valence-corrected chi connectivity index (χ0v) is 18.1. The Hall–Kier alpha value is -3.78. The van der Waals surface area contributed by atoms with Crippen molar-refractivity contribution in [3.05, 3.63) is 89.2 Å². The van der Waals surface area contributed by atoms with Gasteiger partial charge < -0.3 is 14.8 Å². The van der Waals surface area contributed by atoms with E-state index in [2.05, 4.69) is 5.32 Å². The van der Waals surface area contributed by atoms with Crippen molar-refractivity contribution in [1.29, 1.82) is 0 Å². The van der Waals surface area contributed by atoms with Crippen molar-refractivity contribution in [2.24, 2.45) is 0 Å². The summed E-state index contributed by atoms with van der Waals surface area (Å²) in [6.07, 6.45) is 0. The predicted octanol–water partition coefficient (Wildman–Crippen LogP) is 4.83. The monoisotopic (exact) mass is 450 g/mol. The molecule has 0 aliphatic carbocycles. The van der Waals surface area contributed by atoms with Gasteiger partial charge in [0.25, 0.3) is 11.8 Å². The van der Waals surface area contributed by atoms with Crippen LogP contribution in [0.15, 0.2) is 88.3 Å². The van der Waals surface area contributed by atoms with Crippen molar-refractivity contribution in [2.75, 3.05) is 24.4 Å². The Labute approximate surface area is 188 Å². The number of hydrogen-bond acceptors (Lipinski definition) is 6. The Kier molecular flexibility index (Phi) is 6.13. The topological polar surface area (TPSA) is 67.9 Å². The molecule has 3 aromatic rings. The summed E-state index contributed by atoms with van der Waals surface area (Å²) < 4.78 is 24.0. The number of carbonyl (C=O) groups excluding carboxylic acids is 2. The zero-order valence-electron chi connectivity index (χ0n) is 17.3. The van der Waals surface area contributed by atoms with E-state index in [1.54, 1.807) is 25.3 Å². The van der Waals surface area contributed by atoms with E-state index in [1.807, 2.05) is 30.3 Å². The number of methoxy groups -OCH3 is 2. The molecule has 0 bridgehead atoms. The number of amides is 2. The highest BCUT2D eigenvalue weighted by Gasteiger charge is 2.40. The number of carbonyl (C=O) groups is 2. The third kappa shape index (κ3) is 4.17. The smallest absolute Gasteiger partial charge is 0.283 e. The number of ether oxygens (including phenoxy) is 2. The van der Waals surface area contributed by atoms with Crippen LogP contribution >= 0.6 is 11.8 Å². The van der Waals surface area contributed by atoms with Crippen LogP contribution in [0.2, 0.25) is 0 Å². The number of nitrogens with zero attached hydrogens (tertiary/aromatic N) is 1. The van der Waals surface area contributed by atoms with Gasteiger partial charge in [0, 0.05) is 11.0 Å². The SMILES string of the molecule is COc1ccc(NC2=C(Sc3ccccc3)C(=O)N(c3ccc(F)cc3)C2=O)c(OC)c1. The molecule has 2 amide bonds. The summed E-state index contributed by atoms with van der Waals surface area (Å²) in [6, 6.07) is 19.6. The van der Waals surface area contributed by atoms with E-state index < -0.39 is 17.6 Å². The Morgan fingerprint density at radius 2 is 1.59 bits per heavy atom. The third-order valence-corrected chi connectivity index (χ3v) is 5.85. The lowest BCUT2D eigenvalue weighted by atomic mass is 10.2. The number of anilines is 2. The molecule has 32 heavy (non-hydrogen) atoms. The molecule has 0 spiro atoms. The Morgan fingerprint density at radius 3 is 2.25 bits per heavy atom. The molecule has 0 fully saturated rings. The van der Waals surface area contributed by atoms with Crippen LogP contribution in [-0.2, 0) is 9.59 Å². The molecule has 8 heteroatoms. The van der Waals surface area contributed by atoms with E-state index in [9.17, 15) is 14.0 Å². The molecular formula is C24H19FN2O4S. The van der Waals surface area contributed by atoms with E-state index in [-0.39, 0.29) is 16.3 Å². The molecule has 0 aromatic heterocycles. The molecule has 0 atom stereocenters. The second-order valence-corrected chi connectivity index (χ2v) is 7.82. The lowest BCUT2D eigenvalue weighted by Gasteiger charge is -2.16. The van der Waals surface area contributed by atoms with Gasteiger partial charge in [0.15, 0.2) is 0 Å². The standard InChI is InChI=1S/C24H19FN2O4S/c1-30-17-12-13-19(20(14-17)31-2)26-21-22(32-18-6-4-3-5-7-18)24(29)27(23(21)28)16-10-8-15(25)9-11-16/h3-14,26H,1-2H3. The van der Waals surface area contributed by atoms with Crippen molar-refractivity contribution in [2.45, 2.75) is 4.90 Å². The first-order chi connectivity index (χ1) is 15.5. The van der Waals surface area contributed by atoms with Crippen LogP contribution in [0.25, 0.3) is 0 Å². The molecule has 0 saturated heterocycles. The normalized spacial score (nSPS) is 13.5. The van der Waals surface area contributed by atoms with Gasteiger partial charge in [0.05, 0.1) is 25.6 Å². The highest BCUT2D eigenvalue weighted by atomic mass is 32.2. The minimum absolute atomic E-state index is 0.108. The fraction of sp³-hybridized carbons (Fsp3) is 0.0833. The van der Waals surface area contributed by atoms with Crippen LogP contribution in [0.1, 0.15) is 0 Å². The summed E-state index contributed by atoms with van der Waals surface area (Å²) >= 11 is 1.18. The first kappa shape index (κ1) is 21.5. The molecule has 1 heterocycles. The van der Waals surface area contributed by atoms with Crippen molar-refractivity contribution >= 4 is 35.0 Å². The Morgan fingerprint density at radius 1 is 0.875 bits per heavy atom. The van der Waals surface area contributed by atoms with Crippen molar-refractivity contribution < 1.29 is 23.5 Å². The van der Waals surface area contributed by atoms with Gasteiger partial charge in [0.2, 0.25) is 0 Å². The second kappa shape index (κ2) is 9.15. The van der Waals surface area contributed by atoms with Gasteiger partial charge in [0.1, 0.15) is 27.9 Å². The quantitative estimate of drug-likeness (QED) is 0.520. The van der Waals surface area contributed by atoms with Gasteiger partial charge in [-0.3, -0.25) is 9.59 Å². The number of benzene rings is 3. The number of halogens is 1. The number of nitrogens with one attached hydrogen (secondary N) is 1. The summed E-state index contributed by atoms with van der Waals surface area (Å²) in [4.78, 5) is 28.7. The highest BCUT2D eigenvalue weighted by Crippen LogP contribution is 2.39. The summed E-state index contributed by atoms with van der Waals surface area (Å²) in [5.41, 5.74) is 0.888. The summed E-state index contributed by atoms with van der Waals surface area (Å²) in [7, 11) is 3.04. The highest BCUT2D eigenvalue weighted by molar-refractivity contribution is 8.04. The fourth-order valence-corrected chi connectivity index (χ4v) is 4.13. The van der Waals surface area contributed by atoms with E-state index in [0.717, 1.165) is 9.80 Å². The molecule has 1 aliphatic heterocycles. The van der Waals surface area contributed by atoms with Gasteiger partial charge in [-0.05, 0) is 48.5 Å². The molecule has 0 unspecified atom stereocenters. The molecule has 162 valence electrons. The summed E-state index contributed by atoms with van der Waals surface area (Å²) in [6.45, 7) is 0. The number of rotatable bonds is 7. The Bertz CT molecular complexity index is 1200. The molecule has 0 saturated carbocycles. The van der Waals surface area contributed by atoms with E-state index >= 15 is 0 Å². The molecule has 0 radical (unpaired) electrons. The van der Waals surface area contributed by atoms with Crippen LogP contribution in [-0.4, -0.2) is 26.0 Å². The first-order valence-corrected chi connectivity index (χ1v) is 10.4. The van der Waals surface area contributed by atoms with Gasteiger partial charge >= 0.3 is 0 Å². The van der Waals surface area contributed by atoms with E-state index in [4.69, 9.17) is 9.47 Å². The minimum Gasteiger partial charge on any atom is -0.497 e. The molecule has 3 aromatic carbocycles. The first-order valence-electron chi connectivity index (χ1n) is 9.62. The summed E-state index contributed by atoms with van der Waals surface area (Å²) in [5, 5.41) is 3.07. The molecular weight excluding hydrogens is 431 g/mol. The second-order valence-electron chi connectivity index (χ2n) is 6.73.